The van der Waals surface area contributed by atoms with Gasteiger partial charge in [-0.1, -0.05) is 53.4 Å². The van der Waals surface area contributed by atoms with Crippen molar-refractivity contribution in [2.45, 2.75) is 98.0 Å². The molecule has 2 atom stereocenters. The number of esters is 1. The third-order valence-electron chi connectivity index (χ3n) is 4.12. The van der Waals surface area contributed by atoms with E-state index in [9.17, 15) is 4.79 Å². The number of hydrogen-bond acceptors (Lipinski definition) is 2. The second-order valence-electron chi connectivity index (χ2n) is 5.76. The smallest absolute Gasteiger partial charge is 0.303 e. The monoisotopic (exact) mass is 270 g/mol. The Hall–Kier alpha value is -0.530. The van der Waals surface area contributed by atoms with Crippen LogP contribution in [0.25, 0.3) is 0 Å². The Morgan fingerprint density at radius 2 is 1.63 bits per heavy atom. The first-order valence-electron chi connectivity index (χ1n) is 8.25. The van der Waals surface area contributed by atoms with Gasteiger partial charge in [-0.15, -0.1) is 0 Å². The van der Waals surface area contributed by atoms with E-state index in [1.165, 1.54) is 19.3 Å². The van der Waals surface area contributed by atoms with Crippen molar-refractivity contribution < 1.29 is 9.53 Å². The van der Waals surface area contributed by atoms with Crippen LogP contribution in [0.5, 0.6) is 0 Å². The number of carbonyl (C=O) groups is 1. The molecule has 0 radical (unpaired) electrons. The standard InChI is InChI=1S/C17H34O2/c1-6-10-12-16(9-4)17(13-8-3,14-11-7-2)19-15(5)18/h16H,6-14H2,1-5H3. The fraction of sp³-hybridized carbons (Fsp3) is 0.941. The highest BCUT2D eigenvalue weighted by molar-refractivity contribution is 5.66. The maximum absolute atomic E-state index is 11.6. The van der Waals surface area contributed by atoms with Gasteiger partial charge in [-0.05, 0) is 38.0 Å². The molecule has 0 aliphatic heterocycles. The van der Waals surface area contributed by atoms with Gasteiger partial charge in [-0.2, -0.15) is 0 Å². The summed E-state index contributed by atoms with van der Waals surface area (Å²) in [4.78, 5) is 11.6. The zero-order chi connectivity index (χ0) is 14.7. The van der Waals surface area contributed by atoms with Crippen molar-refractivity contribution in [3.63, 3.8) is 0 Å². The number of carbonyl (C=O) groups excluding carboxylic acids is 1. The minimum atomic E-state index is -0.208. The van der Waals surface area contributed by atoms with Crippen LogP contribution in [0.3, 0.4) is 0 Å². The third kappa shape index (κ3) is 6.44. The predicted molar refractivity (Wildman–Crippen MR) is 82.2 cm³/mol. The van der Waals surface area contributed by atoms with Gasteiger partial charge in [0.2, 0.25) is 0 Å². The summed E-state index contributed by atoms with van der Waals surface area (Å²) in [6.07, 6.45) is 10.2. The van der Waals surface area contributed by atoms with Gasteiger partial charge in [0, 0.05) is 6.92 Å². The highest BCUT2D eigenvalue weighted by Crippen LogP contribution is 2.38. The van der Waals surface area contributed by atoms with Crippen molar-refractivity contribution in [3.8, 4) is 0 Å². The molecule has 0 fully saturated rings. The molecule has 0 aliphatic rings. The van der Waals surface area contributed by atoms with E-state index in [-0.39, 0.29) is 11.6 Å². The molecule has 19 heavy (non-hydrogen) atoms. The Morgan fingerprint density at radius 1 is 1.00 bits per heavy atom. The van der Waals surface area contributed by atoms with Crippen LogP contribution >= 0.6 is 0 Å². The Morgan fingerprint density at radius 3 is 2.05 bits per heavy atom. The molecule has 0 aromatic rings. The van der Waals surface area contributed by atoms with E-state index in [0.717, 1.165) is 38.5 Å². The van der Waals surface area contributed by atoms with Crippen molar-refractivity contribution in [2.75, 3.05) is 0 Å². The molecule has 0 heterocycles. The average Bonchev–Trinajstić information content (AvgIpc) is 2.36. The van der Waals surface area contributed by atoms with E-state index < -0.39 is 0 Å². The van der Waals surface area contributed by atoms with Crippen molar-refractivity contribution in [1.82, 2.24) is 0 Å². The summed E-state index contributed by atoms with van der Waals surface area (Å²) in [6, 6.07) is 0. The topological polar surface area (TPSA) is 26.3 Å². The Balaban J connectivity index is 5.04. The second-order valence-corrected chi connectivity index (χ2v) is 5.76. The lowest BCUT2D eigenvalue weighted by molar-refractivity contribution is -0.167. The molecule has 0 saturated carbocycles. The van der Waals surface area contributed by atoms with Crippen molar-refractivity contribution >= 4 is 5.97 Å². The molecule has 0 spiro atoms. The van der Waals surface area contributed by atoms with Gasteiger partial charge in [-0.25, -0.2) is 0 Å². The van der Waals surface area contributed by atoms with Crippen LogP contribution in [0.1, 0.15) is 92.4 Å². The van der Waals surface area contributed by atoms with Gasteiger partial charge in [0.25, 0.3) is 0 Å². The van der Waals surface area contributed by atoms with E-state index in [2.05, 4.69) is 27.7 Å². The first kappa shape index (κ1) is 18.5. The first-order valence-corrected chi connectivity index (χ1v) is 8.25. The van der Waals surface area contributed by atoms with Gasteiger partial charge in [0.1, 0.15) is 5.60 Å². The summed E-state index contributed by atoms with van der Waals surface area (Å²) in [7, 11) is 0. The lowest BCUT2D eigenvalue weighted by Crippen LogP contribution is -2.42. The molecular weight excluding hydrogens is 236 g/mol. The molecule has 0 amide bonds. The fourth-order valence-corrected chi connectivity index (χ4v) is 3.19. The van der Waals surface area contributed by atoms with Gasteiger partial charge in [-0.3, -0.25) is 4.79 Å². The number of ether oxygens (including phenoxy) is 1. The molecule has 0 aromatic heterocycles. The van der Waals surface area contributed by atoms with Gasteiger partial charge < -0.3 is 4.74 Å². The molecular formula is C17H34O2. The van der Waals surface area contributed by atoms with E-state index in [0.29, 0.717) is 5.92 Å². The largest absolute Gasteiger partial charge is 0.459 e. The average molecular weight is 270 g/mol. The molecule has 2 heteroatoms. The van der Waals surface area contributed by atoms with Crippen molar-refractivity contribution in [3.05, 3.63) is 0 Å². The zero-order valence-corrected chi connectivity index (χ0v) is 13.8. The van der Waals surface area contributed by atoms with E-state index >= 15 is 0 Å². The van der Waals surface area contributed by atoms with E-state index in [1.807, 2.05) is 0 Å². The van der Waals surface area contributed by atoms with E-state index in [4.69, 9.17) is 4.74 Å². The van der Waals surface area contributed by atoms with Crippen LogP contribution < -0.4 is 0 Å². The van der Waals surface area contributed by atoms with Crippen LogP contribution in [0, 0.1) is 5.92 Å². The summed E-state index contributed by atoms with van der Waals surface area (Å²) in [5, 5.41) is 0. The summed E-state index contributed by atoms with van der Waals surface area (Å²) in [6.45, 7) is 10.4. The zero-order valence-electron chi connectivity index (χ0n) is 13.8. The Kier molecular flexibility index (Phi) is 9.99. The molecule has 2 unspecified atom stereocenters. The van der Waals surface area contributed by atoms with Crippen LogP contribution in [0.15, 0.2) is 0 Å². The third-order valence-corrected chi connectivity index (χ3v) is 4.12. The second kappa shape index (κ2) is 10.3. The summed E-state index contributed by atoms with van der Waals surface area (Å²) in [5.41, 5.74) is -0.208. The summed E-state index contributed by atoms with van der Waals surface area (Å²) >= 11 is 0. The Bertz CT molecular complexity index is 237. The molecule has 0 bridgehead atoms. The van der Waals surface area contributed by atoms with Gasteiger partial charge >= 0.3 is 5.97 Å². The molecule has 0 aliphatic carbocycles. The van der Waals surface area contributed by atoms with Crippen LogP contribution in [0.2, 0.25) is 0 Å². The van der Waals surface area contributed by atoms with E-state index in [1.54, 1.807) is 6.92 Å². The maximum Gasteiger partial charge on any atom is 0.303 e. The quantitative estimate of drug-likeness (QED) is 0.464. The number of rotatable bonds is 11. The first-order chi connectivity index (χ1) is 9.06. The van der Waals surface area contributed by atoms with Gasteiger partial charge in [0.15, 0.2) is 0 Å². The predicted octanol–water partition coefficient (Wildman–Crippen LogP) is 5.50. The van der Waals surface area contributed by atoms with Crippen molar-refractivity contribution in [1.29, 1.82) is 0 Å². The highest BCUT2D eigenvalue weighted by atomic mass is 16.6. The lowest BCUT2D eigenvalue weighted by atomic mass is 9.75. The normalized spacial score (nSPS) is 15.8. The molecule has 2 nitrogen and oxygen atoms in total. The van der Waals surface area contributed by atoms with Crippen LogP contribution in [-0.2, 0) is 9.53 Å². The molecule has 0 aromatic carbocycles. The molecule has 0 saturated heterocycles. The fourth-order valence-electron chi connectivity index (χ4n) is 3.19. The lowest BCUT2D eigenvalue weighted by Gasteiger charge is -2.40. The number of hydrogen-bond donors (Lipinski definition) is 0. The SMILES string of the molecule is CCCCC(CC)C(CCC)(CCCC)OC(C)=O. The summed E-state index contributed by atoms with van der Waals surface area (Å²) < 4.78 is 5.89. The summed E-state index contributed by atoms with van der Waals surface area (Å²) in [5.74, 6) is 0.405. The minimum Gasteiger partial charge on any atom is -0.459 e. The Labute approximate surface area is 120 Å². The number of unbranched alkanes of at least 4 members (excludes halogenated alkanes) is 2. The van der Waals surface area contributed by atoms with Crippen molar-refractivity contribution in [2.24, 2.45) is 5.92 Å². The van der Waals surface area contributed by atoms with Crippen LogP contribution in [-0.4, -0.2) is 11.6 Å². The molecule has 0 rings (SSSR count). The van der Waals surface area contributed by atoms with Crippen LogP contribution in [0.4, 0.5) is 0 Å². The molecule has 0 N–H and O–H groups in total. The van der Waals surface area contributed by atoms with Gasteiger partial charge in [0.05, 0.1) is 0 Å². The molecule has 114 valence electrons. The minimum absolute atomic E-state index is 0.112. The highest BCUT2D eigenvalue weighted by Gasteiger charge is 2.39. The maximum atomic E-state index is 11.6.